The molecule has 4 nitrogen and oxygen atoms in total. The summed E-state index contributed by atoms with van der Waals surface area (Å²) in [4.78, 5) is 2.09. The Morgan fingerprint density at radius 3 is 2.05 bits per heavy atom. The molecular weight excluding hydrogens is 242 g/mol. The molecule has 0 aliphatic rings. The van der Waals surface area contributed by atoms with Gasteiger partial charge in [0, 0.05) is 26.9 Å². The van der Waals surface area contributed by atoms with Gasteiger partial charge in [-0.05, 0) is 37.1 Å². The SMILES string of the molecule is COCCOCCOc1c(C)cc(N(C)C)cc1C. The first-order valence-corrected chi connectivity index (χ1v) is 6.54. The van der Waals surface area contributed by atoms with E-state index in [1.165, 1.54) is 5.69 Å². The van der Waals surface area contributed by atoms with Crippen molar-refractivity contribution in [1.82, 2.24) is 0 Å². The van der Waals surface area contributed by atoms with Gasteiger partial charge in [0.05, 0.1) is 19.8 Å². The fourth-order valence-corrected chi connectivity index (χ4v) is 1.86. The third-order valence-corrected chi connectivity index (χ3v) is 2.87. The monoisotopic (exact) mass is 267 g/mol. The van der Waals surface area contributed by atoms with Crippen molar-refractivity contribution in [3.63, 3.8) is 0 Å². The standard InChI is InChI=1S/C15H25NO3/c1-12-10-14(16(3)4)11-13(2)15(12)19-9-8-18-7-6-17-5/h10-11H,6-9H2,1-5H3. The second-order valence-corrected chi connectivity index (χ2v) is 4.76. The Morgan fingerprint density at radius 1 is 0.947 bits per heavy atom. The van der Waals surface area contributed by atoms with Gasteiger partial charge < -0.3 is 19.1 Å². The van der Waals surface area contributed by atoms with Gasteiger partial charge in [0.15, 0.2) is 0 Å². The van der Waals surface area contributed by atoms with Gasteiger partial charge in [-0.15, -0.1) is 0 Å². The number of aryl methyl sites for hydroxylation is 2. The Bertz CT molecular complexity index is 368. The van der Waals surface area contributed by atoms with E-state index in [0.717, 1.165) is 16.9 Å². The predicted octanol–water partition coefficient (Wildman–Crippen LogP) is 2.41. The Balaban J connectivity index is 2.50. The lowest BCUT2D eigenvalue weighted by molar-refractivity contribution is 0.0542. The Kier molecular flexibility index (Phi) is 6.67. The molecule has 0 atom stereocenters. The highest BCUT2D eigenvalue weighted by atomic mass is 16.5. The molecule has 0 aromatic heterocycles. The van der Waals surface area contributed by atoms with Crippen LogP contribution in [-0.2, 0) is 9.47 Å². The Hall–Kier alpha value is -1.26. The van der Waals surface area contributed by atoms with Crippen LogP contribution in [0.5, 0.6) is 5.75 Å². The minimum absolute atomic E-state index is 0.562. The number of benzene rings is 1. The van der Waals surface area contributed by atoms with Crippen LogP contribution in [0.25, 0.3) is 0 Å². The molecule has 0 aliphatic heterocycles. The Morgan fingerprint density at radius 2 is 1.53 bits per heavy atom. The van der Waals surface area contributed by atoms with Crippen LogP contribution in [0.15, 0.2) is 12.1 Å². The third kappa shape index (κ3) is 5.09. The first kappa shape index (κ1) is 15.8. The van der Waals surface area contributed by atoms with E-state index in [-0.39, 0.29) is 0 Å². The quantitative estimate of drug-likeness (QED) is 0.677. The van der Waals surface area contributed by atoms with Crippen LogP contribution < -0.4 is 9.64 Å². The highest BCUT2D eigenvalue weighted by molar-refractivity contribution is 5.55. The molecule has 0 amide bonds. The van der Waals surface area contributed by atoms with Gasteiger partial charge in [-0.1, -0.05) is 0 Å². The number of ether oxygens (including phenoxy) is 3. The van der Waals surface area contributed by atoms with Gasteiger partial charge in [0.1, 0.15) is 12.4 Å². The molecule has 0 heterocycles. The molecular formula is C15H25NO3. The summed E-state index contributed by atoms with van der Waals surface area (Å²) in [5.74, 6) is 0.959. The highest BCUT2D eigenvalue weighted by Gasteiger charge is 2.07. The third-order valence-electron chi connectivity index (χ3n) is 2.87. The zero-order chi connectivity index (χ0) is 14.3. The Labute approximate surface area is 116 Å². The lowest BCUT2D eigenvalue weighted by Gasteiger charge is -2.18. The van der Waals surface area contributed by atoms with Gasteiger partial charge in [-0.25, -0.2) is 0 Å². The van der Waals surface area contributed by atoms with Crippen molar-refractivity contribution in [1.29, 1.82) is 0 Å². The van der Waals surface area contributed by atoms with Crippen LogP contribution in [0.4, 0.5) is 5.69 Å². The molecule has 0 N–H and O–H groups in total. The van der Waals surface area contributed by atoms with E-state index >= 15 is 0 Å². The normalized spacial score (nSPS) is 10.6. The van der Waals surface area contributed by atoms with Crippen molar-refractivity contribution in [2.45, 2.75) is 13.8 Å². The molecule has 0 aliphatic carbocycles. The van der Waals surface area contributed by atoms with Crippen LogP contribution >= 0.6 is 0 Å². The summed E-state index contributed by atoms with van der Waals surface area (Å²) in [5.41, 5.74) is 3.50. The molecule has 0 saturated heterocycles. The number of hydrogen-bond donors (Lipinski definition) is 0. The molecule has 1 aromatic carbocycles. The second kappa shape index (κ2) is 8.02. The topological polar surface area (TPSA) is 30.9 Å². The van der Waals surface area contributed by atoms with Gasteiger partial charge in [-0.3, -0.25) is 0 Å². The average Bonchev–Trinajstić information content (AvgIpc) is 2.35. The molecule has 0 saturated carbocycles. The minimum atomic E-state index is 0.562. The number of rotatable bonds is 8. The zero-order valence-electron chi connectivity index (χ0n) is 12.7. The van der Waals surface area contributed by atoms with Gasteiger partial charge >= 0.3 is 0 Å². The van der Waals surface area contributed by atoms with Crippen LogP contribution in [-0.4, -0.2) is 47.6 Å². The maximum absolute atomic E-state index is 5.80. The second-order valence-electron chi connectivity index (χ2n) is 4.76. The van der Waals surface area contributed by atoms with E-state index in [1.807, 2.05) is 14.1 Å². The first-order chi connectivity index (χ1) is 9.06. The fourth-order valence-electron chi connectivity index (χ4n) is 1.86. The molecule has 4 heteroatoms. The molecule has 19 heavy (non-hydrogen) atoms. The van der Waals surface area contributed by atoms with E-state index in [9.17, 15) is 0 Å². The number of anilines is 1. The maximum atomic E-state index is 5.80. The van der Waals surface area contributed by atoms with Crippen molar-refractivity contribution in [3.05, 3.63) is 23.3 Å². The van der Waals surface area contributed by atoms with E-state index in [4.69, 9.17) is 14.2 Å². The summed E-state index contributed by atoms with van der Waals surface area (Å²) in [5, 5.41) is 0. The number of nitrogens with zero attached hydrogens (tertiary/aromatic N) is 1. The molecule has 0 bridgehead atoms. The summed E-state index contributed by atoms with van der Waals surface area (Å²) in [6, 6.07) is 4.27. The number of methoxy groups -OCH3 is 1. The number of hydrogen-bond acceptors (Lipinski definition) is 4. The molecule has 0 spiro atoms. The highest BCUT2D eigenvalue weighted by Crippen LogP contribution is 2.28. The average molecular weight is 267 g/mol. The predicted molar refractivity (Wildman–Crippen MR) is 78.4 cm³/mol. The van der Waals surface area contributed by atoms with Crippen molar-refractivity contribution < 1.29 is 14.2 Å². The van der Waals surface area contributed by atoms with Crippen LogP contribution in [0.3, 0.4) is 0 Å². The summed E-state index contributed by atoms with van der Waals surface area (Å²) in [6.45, 7) is 6.51. The summed E-state index contributed by atoms with van der Waals surface area (Å²) < 4.78 is 16.1. The zero-order valence-corrected chi connectivity index (χ0v) is 12.7. The lowest BCUT2D eigenvalue weighted by atomic mass is 10.1. The van der Waals surface area contributed by atoms with Gasteiger partial charge in [0.25, 0.3) is 0 Å². The van der Waals surface area contributed by atoms with Gasteiger partial charge in [-0.2, -0.15) is 0 Å². The minimum Gasteiger partial charge on any atom is -0.491 e. The van der Waals surface area contributed by atoms with Crippen molar-refractivity contribution in [2.24, 2.45) is 0 Å². The van der Waals surface area contributed by atoms with Crippen molar-refractivity contribution >= 4 is 5.69 Å². The van der Waals surface area contributed by atoms with Crippen molar-refractivity contribution in [2.75, 3.05) is 52.5 Å². The summed E-state index contributed by atoms with van der Waals surface area (Å²) in [7, 11) is 5.75. The molecule has 0 fully saturated rings. The molecule has 0 unspecified atom stereocenters. The molecule has 1 aromatic rings. The fraction of sp³-hybridized carbons (Fsp3) is 0.600. The summed E-state index contributed by atoms with van der Waals surface area (Å²) in [6.07, 6.45) is 0. The molecule has 0 radical (unpaired) electrons. The maximum Gasteiger partial charge on any atom is 0.125 e. The first-order valence-electron chi connectivity index (χ1n) is 6.54. The van der Waals surface area contributed by atoms with Crippen molar-refractivity contribution in [3.8, 4) is 5.75 Å². The van der Waals surface area contributed by atoms with Crippen LogP contribution in [0.2, 0.25) is 0 Å². The largest absolute Gasteiger partial charge is 0.491 e. The van der Waals surface area contributed by atoms with Crippen LogP contribution in [0, 0.1) is 13.8 Å². The van der Waals surface area contributed by atoms with Crippen LogP contribution in [0.1, 0.15) is 11.1 Å². The smallest absolute Gasteiger partial charge is 0.125 e. The van der Waals surface area contributed by atoms with E-state index in [2.05, 4.69) is 30.9 Å². The summed E-state index contributed by atoms with van der Waals surface area (Å²) >= 11 is 0. The van der Waals surface area contributed by atoms with E-state index < -0.39 is 0 Å². The molecule has 1 rings (SSSR count). The lowest BCUT2D eigenvalue weighted by Crippen LogP contribution is -2.12. The van der Waals surface area contributed by atoms with Gasteiger partial charge in [0.2, 0.25) is 0 Å². The molecule has 108 valence electrons. The van der Waals surface area contributed by atoms with E-state index in [1.54, 1.807) is 7.11 Å². The van der Waals surface area contributed by atoms with E-state index in [0.29, 0.717) is 26.4 Å².